The van der Waals surface area contributed by atoms with Crippen molar-refractivity contribution >= 4 is 55.0 Å². The van der Waals surface area contributed by atoms with E-state index in [1.165, 1.54) is 0 Å². The largest absolute Gasteiger partial charge is 0.339 e. The van der Waals surface area contributed by atoms with Crippen molar-refractivity contribution in [3.8, 4) is 0 Å². The van der Waals surface area contributed by atoms with Crippen LogP contribution in [0.15, 0.2) is 27.1 Å². The van der Waals surface area contributed by atoms with E-state index in [1.807, 2.05) is 25.1 Å². The van der Waals surface area contributed by atoms with Crippen molar-refractivity contribution in [1.82, 2.24) is 9.97 Å². The van der Waals surface area contributed by atoms with E-state index in [0.717, 1.165) is 44.7 Å². The zero-order valence-electron chi connectivity index (χ0n) is 11.2. The number of rotatable bonds is 4. The van der Waals surface area contributed by atoms with Crippen LogP contribution in [-0.4, -0.2) is 9.97 Å². The van der Waals surface area contributed by atoms with E-state index in [1.54, 1.807) is 0 Å². The van der Waals surface area contributed by atoms with Gasteiger partial charge in [-0.05, 0) is 47.5 Å². The van der Waals surface area contributed by atoms with Crippen molar-refractivity contribution in [3.05, 3.63) is 43.7 Å². The molecule has 0 aliphatic carbocycles. The number of anilines is 2. The van der Waals surface area contributed by atoms with Gasteiger partial charge in [-0.3, -0.25) is 0 Å². The van der Waals surface area contributed by atoms with Crippen LogP contribution in [0.4, 0.5) is 11.5 Å². The van der Waals surface area contributed by atoms with Crippen molar-refractivity contribution in [2.75, 3.05) is 5.32 Å². The Labute approximate surface area is 140 Å². The first-order valence-electron chi connectivity index (χ1n) is 6.26. The van der Waals surface area contributed by atoms with Gasteiger partial charge < -0.3 is 5.32 Å². The third kappa shape index (κ3) is 3.71. The van der Waals surface area contributed by atoms with Crippen LogP contribution in [0.25, 0.3) is 0 Å². The summed E-state index contributed by atoms with van der Waals surface area (Å²) in [7, 11) is 0. The van der Waals surface area contributed by atoms with E-state index < -0.39 is 0 Å². The van der Waals surface area contributed by atoms with Gasteiger partial charge in [0, 0.05) is 20.9 Å². The average Bonchev–Trinajstić information content (AvgIpc) is 2.40. The second-order valence-electron chi connectivity index (χ2n) is 4.40. The van der Waals surface area contributed by atoms with Crippen molar-refractivity contribution < 1.29 is 0 Å². The van der Waals surface area contributed by atoms with E-state index >= 15 is 0 Å². The van der Waals surface area contributed by atoms with Gasteiger partial charge in [0.15, 0.2) is 0 Å². The fourth-order valence-corrected chi connectivity index (χ4v) is 2.60. The fraction of sp³-hybridized carbons (Fsp3) is 0.286. The predicted molar refractivity (Wildman–Crippen MR) is 90.9 cm³/mol. The molecule has 2 rings (SSSR count). The summed E-state index contributed by atoms with van der Waals surface area (Å²) >= 11 is 13.2. The Bertz CT molecular complexity index is 632. The number of nitrogens with zero attached hydrogens (tertiary/aromatic N) is 2. The monoisotopic (exact) mass is 417 g/mol. The molecule has 106 valence electrons. The minimum absolute atomic E-state index is 0.497. The van der Waals surface area contributed by atoms with Gasteiger partial charge >= 0.3 is 0 Å². The molecule has 0 fully saturated rings. The van der Waals surface area contributed by atoms with Gasteiger partial charge in [-0.1, -0.05) is 34.5 Å². The van der Waals surface area contributed by atoms with Gasteiger partial charge in [0.2, 0.25) is 0 Å². The van der Waals surface area contributed by atoms with E-state index in [9.17, 15) is 0 Å². The molecule has 1 N–H and O–H groups in total. The molecular formula is C14H14Br2ClN3. The topological polar surface area (TPSA) is 37.8 Å². The SMILES string of the molecule is CCCc1nc(Cl)c(C)c(Nc2cc(Br)ccc2Br)n1. The second kappa shape index (κ2) is 6.87. The maximum atomic E-state index is 6.18. The molecule has 0 saturated heterocycles. The first kappa shape index (κ1) is 15.7. The van der Waals surface area contributed by atoms with E-state index in [2.05, 4.69) is 54.1 Å². The number of aryl methyl sites for hydroxylation is 1. The summed E-state index contributed by atoms with van der Waals surface area (Å²) in [6.45, 7) is 4.00. The highest BCUT2D eigenvalue weighted by Gasteiger charge is 2.11. The molecule has 1 heterocycles. The Hall–Kier alpha value is -0.650. The van der Waals surface area contributed by atoms with Gasteiger partial charge in [0.05, 0.1) is 5.69 Å². The summed E-state index contributed by atoms with van der Waals surface area (Å²) in [6, 6.07) is 5.92. The number of nitrogens with one attached hydrogen (secondary N) is 1. The molecular weight excluding hydrogens is 405 g/mol. The molecule has 0 unspecified atom stereocenters. The Morgan fingerprint density at radius 1 is 1.25 bits per heavy atom. The van der Waals surface area contributed by atoms with Crippen LogP contribution in [0.5, 0.6) is 0 Å². The van der Waals surface area contributed by atoms with E-state index in [-0.39, 0.29) is 0 Å². The van der Waals surface area contributed by atoms with Gasteiger partial charge in [0.1, 0.15) is 16.8 Å². The van der Waals surface area contributed by atoms with Crippen LogP contribution < -0.4 is 5.32 Å². The first-order valence-corrected chi connectivity index (χ1v) is 8.22. The molecule has 3 nitrogen and oxygen atoms in total. The Kier molecular flexibility index (Phi) is 5.41. The van der Waals surface area contributed by atoms with Gasteiger partial charge in [-0.25, -0.2) is 9.97 Å². The van der Waals surface area contributed by atoms with Crippen molar-refractivity contribution in [2.24, 2.45) is 0 Å². The molecule has 1 aromatic carbocycles. The molecule has 20 heavy (non-hydrogen) atoms. The third-order valence-electron chi connectivity index (χ3n) is 2.79. The molecule has 6 heteroatoms. The average molecular weight is 420 g/mol. The molecule has 0 aliphatic rings. The minimum Gasteiger partial charge on any atom is -0.339 e. The Morgan fingerprint density at radius 3 is 2.70 bits per heavy atom. The number of hydrogen-bond donors (Lipinski definition) is 1. The maximum Gasteiger partial charge on any atom is 0.138 e. The molecule has 2 aromatic rings. The summed E-state index contributed by atoms with van der Waals surface area (Å²) in [5.74, 6) is 1.50. The molecule has 1 aromatic heterocycles. The number of halogens is 3. The van der Waals surface area contributed by atoms with Crippen LogP contribution in [-0.2, 0) is 6.42 Å². The minimum atomic E-state index is 0.497. The smallest absolute Gasteiger partial charge is 0.138 e. The van der Waals surface area contributed by atoms with Gasteiger partial charge in [-0.2, -0.15) is 0 Å². The lowest BCUT2D eigenvalue weighted by Crippen LogP contribution is -2.04. The Morgan fingerprint density at radius 2 is 2.00 bits per heavy atom. The molecule has 0 bridgehead atoms. The van der Waals surface area contributed by atoms with Gasteiger partial charge in [0.25, 0.3) is 0 Å². The first-order chi connectivity index (χ1) is 9.51. The summed E-state index contributed by atoms with van der Waals surface area (Å²) in [6.07, 6.45) is 1.80. The highest BCUT2D eigenvalue weighted by atomic mass is 79.9. The standard InChI is InChI=1S/C14H14Br2ClN3/c1-3-4-12-19-13(17)8(2)14(20-12)18-11-7-9(15)5-6-10(11)16/h5-7H,3-4H2,1-2H3,(H,18,19,20). The fourth-order valence-electron chi connectivity index (χ4n) is 1.71. The zero-order valence-corrected chi connectivity index (χ0v) is 15.1. The molecule has 0 spiro atoms. The lowest BCUT2D eigenvalue weighted by molar-refractivity contribution is 0.833. The number of benzene rings is 1. The second-order valence-corrected chi connectivity index (χ2v) is 6.53. The van der Waals surface area contributed by atoms with Crippen LogP contribution in [0, 0.1) is 6.92 Å². The van der Waals surface area contributed by atoms with E-state index in [4.69, 9.17) is 11.6 Å². The third-order valence-corrected chi connectivity index (χ3v) is 4.34. The normalized spacial score (nSPS) is 10.7. The molecule has 0 saturated carbocycles. The van der Waals surface area contributed by atoms with Crippen LogP contribution in [0.2, 0.25) is 5.15 Å². The number of aromatic nitrogens is 2. The van der Waals surface area contributed by atoms with Crippen molar-refractivity contribution in [3.63, 3.8) is 0 Å². The predicted octanol–water partition coefficient (Wildman–Crippen LogP) is 5.66. The lowest BCUT2D eigenvalue weighted by atomic mass is 10.2. The quantitative estimate of drug-likeness (QED) is 0.650. The van der Waals surface area contributed by atoms with Gasteiger partial charge in [-0.15, -0.1) is 0 Å². The molecule has 0 amide bonds. The molecule has 0 atom stereocenters. The molecule has 0 radical (unpaired) electrons. The summed E-state index contributed by atoms with van der Waals surface area (Å²) in [5.41, 5.74) is 1.78. The zero-order chi connectivity index (χ0) is 14.7. The maximum absolute atomic E-state index is 6.18. The van der Waals surface area contributed by atoms with Crippen LogP contribution in [0.3, 0.4) is 0 Å². The summed E-state index contributed by atoms with van der Waals surface area (Å²) in [5, 5.41) is 3.81. The molecule has 0 aliphatic heterocycles. The lowest BCUT2D eigenvalue weighted by Gasteiger charge is -2.13. The van der Waals surface area contributed by atoms with Crippen LogP contribution >= 0.6 is 43.5 Å². The van der Waals surface area contributed by atoms with E-state index in [0.29, 0.717) is 5.15 Å². The number of hydrogen-bond acceptors (Lipinski definition) is 3. The van der Waals surface area contributed by atoms with Crippen molar-refractivity contribution in [2.45, 2.75) is 26.7 Å². The summed E-state index contributed by atoms with van der Waals surface area (Å²) < 4.78 is 1.96. The highest BCUT2D eigenvalue weighted by Crippen LogP contribution is 2.30. The van der Waals surface area contributed by atoms with Crippen molar-refractivity contribution in [1.29, 1.82) is 0 Å². The highest BCUT2D eigenvalue weighted by molar-refractivity contribution is 9.11. The summed E-state index contributed by atoms with van der Waals surface area (Å²) in [4.78, 5) is 8.84. The van der Waals surface area contributed by atoms with Crippen LogP contribution in [0.1, 0.15) is 24.7 Å². The Balaban J connectivity index is 2.39.